The summed E-state index contributed by atoms with van der Waals surface area (Å²) in [6.07, 6.45) is 0. The molecular weight excluding hydrogens is 568 g/mol. The summed E-state index contributed by atoms with van der Waals surface area (Å²) in [4.78, 5) is 0. The standard InChI is InChI=1S/C22H19Br3O4/c1-27-19-7-4-13(10-16(19)23)22(26,14-5-8-20(28-2)17(24)11-14)15-6-9-21(29-3)18(25)12-15/h4-12,26H,1-3H3. The molecule has 0 aliphatic heterocycles. The zero-order valence-corrected chi connectivity index (χ0v) is 20.8. The van der Waals surface area contributed by atoms with E-state index in [9.17, 15) is 5.11 Å². The van der Waals surface area contributed by atoms with Gasteiger partial charge in [-0.15, -0.1) is 0 Å². The zero-order valence-electron chi connectivity index (χ0n) is 16.0. The maximum Gasteiger partial charge on any atom is 0.140 e. The predicted molar refractivity (Wildman–Crippen MR) is 124 cm³/mol. The fraction of sp³-hybridized carbons (Fsp3) is 0.182. The topological polar surface area (TPSA) is 47.9 Å². The van der Waals surface area contributed by atoms with Crippen molar-refractivity contribution in [2.45, 2.75) is 5.60 Å². The number of rotatable bonds is 6. The molecule has 0 heterocycles. The van der Waals surface area contributed by atoms with Gasteiger partial charge in [-0.3, -0.25) is 0 Å². The van der Waals surface area contributed by atoms with Crippen LogP contribution in [-0.2, 0) is 5.60 Å². The van der Waals surface area contributed by atoms with E-state index in [1.807, 2.05) is 54.6 Å². The van der Waals surface area contributed by atoms with Crippen molar-refractivity contribution in [2.24, 2.45) is 0 Å². The van der Waals surface area contributed by atoms with Gasteiger partial charge in [-0.1, -0.05) is 18.2 Å². The Bertz CT molecular complexity index is 907. The highest BCUT2D eigenvalue weighted by molar-refractivity contribution is 9.11. The highest BCUT2D eigenvalue weighted by atomic mass is 79.9. The molecule has 0 aliphatic carbocycles. The molecule has 0 fully saturated rings. The van der Waals surface area contributed by atoms with Crippen LogP contribution < -0.4 is 14.2 Å². The summed E-state index contributed by atoms with van der Waals surface area (Å²) in [5, 5.41) is 12.1. The maximum absolute atomic E-state index is 12.1. The molecule has 3 rings (SSSR count). The molecule has 0 spiro atoms. The average Bonchev–Trinajstić information content (AvgIpc) is 2.72. The van der Waals surface area contributed by atoms with Crippen molar-refractivity contribution in [1.82, 2.24) is 0 Å². The molecule has 0 aromatic heterocycles. The van der Waals surface area contributed by atoms with Crippen LogP contribution in [0.5, 0.6) is 17.2 Å². The molecule has 0 radical (unpaired) electrons. The third-order valence-corrected chi connectivity index (χ3v) is 6.57. The van der Waals surface area contributed by atoms with Crippen LogP contribution in [0.3, 0.4) is 0 Å². The first-order chi connectivity index (χ1) is 13.8. The third-order valence-electron chi connectivity index (χ3n) is 4.71. The Kier molecular flexibility index (Phi) is 6.94. The summed E-state index contributed by atoms with van der Waals surface area (Å²) in [6, 6.07) is 16.6. The number of hydrogen-bond acceptors (Lipinski definition) is 4. The summed E-state index contributed by atoms with van der Waals surface area (Å²) in [5.74, 6) is 2.05. The largest absolute Gasteiger partial charge is 0.496 e. The number of hydrogen-bond donors (Lipinski definition) is 1. The first kappa shape index (κ1) is 22.2. The number of halogens is 3. The van der Waals surface area contributed by atoms with E-state index >= 15 is 0 Å². The van der Waals surface area contributed by atoms with Gasteiger partial charge >= 0.3 is 0 Å². The minimum atomic E-state index is -1.43. The van der Waals surface area contributed by atoms with Gasteiger partial charge in [-0.2, -0.15) is 0 Å². The first-order valence-corrected chi connectivity index (χ1v) is 11.0. The van der Waals surface area contributed by atoms with Gasteiger partial charge in [0.15, 0.2) is 0 Å². The van der Waals surface area contributed by atoms with Gasteiger partial charge in [-0.25, -0.2) is 0 Å². The summed E-state index contributed by atoms with van der Waals surface area (Å²) in [6.45, 7) is 0. The molecule has 3 aromatic carbocycles. The van der Waals surface area contributed by atoms with Gasteiger partial charge in [0.1, 0.15) is 22.8 Å². The molecule has 29 heavy (non-hydrogen) atoms. The average molecular weight is 587 g/mol. The Morgan fingerprint density at radius 2 is 0.862 bits per heavy atom. The van der Waals surface area contributed by atoms with Crippen LogP contribution in [-0.4, -0.2) is 26.4 Å². The van der Waals surface area contributed by atoms with Crippen LogP contribution in [0.15, 0.2) is 68.0 Å². The minimum Gasteiger partial charge on any atom is -0.496 e. The number of methoxy groups -OCH3 is 3. The highest BCUT2D eigenvalue weighted by Gasteiger charge is 2.35. The SMILES string of the molecule is COc1ccc(C(O)(c2ccc(OC)c(Br)c2)c2ccc(OC)c(Br)c2)cc1Br. The lowest BCUT2D eigenvalue weighted by molar-refractivity contribution is 0.125. The van der Waals surface area contributed by atoms with Crippen molar-refractivity contribution >= 4 is 47.8 Å². The van der Waals surface area contributed by atoms with Crippen LogP contribution in [0.4, 0.5) is 0 Å². The summed E-state index contributed by atoms with van der Waals surface area (Å²) in [5.41, 5.74) is 0.608. The number of aliphatic hydroxyl groups is 1. The van der Waals surface area contributed by atoms with Gasteiger partial charge in [-0.05, 0) is 101 Å². The van der Waals surface area contributed by atoms with Gasteiger partial charge in [0.05, 0.1) is 34.7 Å². The molecule has 0 aliphatic rings. The van der Waals surface area contributed by atoms with E-state index in [1.165, 1.54) is 0 Å². The second kappa shape index (κ2) is 9.08. The van der Waals surface area contributed by atoms with Crippen molar-refractivity contribution in [1.29, 1.82) is 0 Å². The second-order valence-corrected chi connectivity index (χ2v) is 8.82. The van der Waals surface area contributed by atoms with Crippen molar-refractivity contribution in [3.63, 3.8) is 0 Å². The Labute approximate surface area is 195 Å². The fourth-order valence-corrected chi connectivity index (χ4v) is 4.80. The van der Waals surface area contributed by atoms with E-state index in [1.54, 1.807) is 21.3 Å². The van der Waals surface area contributed by atoms with E-state index < -0.39 is 5.60 Å². The van der Waals surface area contributed by atoms with Crippen molar-refractivity contribution < 1.29 is 19.3 Å². The summed E-state index contributed by atoms with van der Waals surface area (Å²) in [7, 11) is 4.81. The number of benzene rings is 3. The van der Waals surface area contributed by atoms with Crippen LogP contribution in [0.1, 0.15) is 16.7 Å². The van der Waals surface area contributed by atoms with Gasteiger partial charge in [0.25, 0.3) is 0 Å². The normalized spacial score (nSPS) is 11.3. The fourth-order valence-electron chi connectivity index (χ4n) is 3.17. The molecule has 0 unspecified atom stereocenters. The molecule has 0 saturated carbocycles. The first-order valence-electron chi connectivity index (χ1n) is 8.59. The third kappa shape index (κ3) is 4.19. The molecule has 0 saturated heterocycles. The van der Waals surface area contributed by atoms with Crippen LogP contribution in [0, 0.1) is 0 Å². The van der Waals surface area contributed by atoms with Gasteiger partial charge < -0.3 is 19.3 Å². The molecular formula is C22H19Br3O4. The quantitative estimate of drug-likeness (QED) is 0.345. The van der Waals surface area contributed by atoms with Crippen LogP contribution >= 0.6 is 47.8 Å². The van der Waals surface area contributed by atoms with E-state index in [4.69, 9.17) is 14.2 Å². The molecule has 4 nitrogen and oxygen atoms in total. The van der Waals surface area contributed by atoms with Crippen molar-refractivity contribution in [2.75, 3.05) is 21.3 Å². The molecule has 152 valence electrons. The number of ether oxygens (including phenoxy) is 3. The second-order valence-electron chi connectivity index (χ2n) is 6.26. The van der Waals surface area contributed by atoms with E-state index in [0.29, 0.717) is 33.9 Å². The molecule has 1 N–H and O–H groups in total. The van der Waals surface area contributed by atoms with Gasteiger partial charge in [0.2, 0.25) is 0 Å². The summed E-state index contributed by atoms with van der Waals surface area (Å²) >= 11 is 10.6. The van der Waals surface area contributed by atoms with E-state index in [-0.39, 0.29) is 0 Å². The Balaban J connectivity index is 2.27. The van der Waals surface area contributed by atoms with Crippen LogP contribution in [0.25, 0.3) is 0 Å². The molecule has 0 amide bonds. The molecule has 3 aromatic rings. The Morgan fingerprint density at radius 3 is 1.07 bits per heavy atom. The minimum absolute atomic E-state index is 0.680. The smallest absolute Gasteiger partial charge is 0.140 e. The zero-order chi connectivity index (χ0) is 21.2. The summed E-state index contributed by atoms with van der Waals surface area (Å²) < 4.78 is 18.3. The lowest BCUT2D eigenvalue weighted by Gasteiger charge is -2.31. The molecule has 0 atom stereocenters. The molecule has 7 heteroatoms. The van der Waals surface area contributed by atoms with E-state index in [2.05, 4.69) is 47.8 Å². The monoisotopic (exact) mass is 584 g/mol. The Hall–Kier alpha value is -1.54. The highest BCUT2D eigenvalue weighted by Crippen LogP contribution is 2.43. The lowest BCUT2D eigenvalue weighted by atomic mass is 9.80. The Morgan fingerprint density at radius 1 is 0.586 bits per heavy atom. The van der Waals surface area contributed by atoms with E-state index in [0.717, 1.165) is 13.4 Å². The lowest BCUT2D eigenvalue weighted by Crippen LogP contribution is -2.29. The van der Waals surface area contributed by atoms with Crippen molar-refractivity contribution in [3.8, 4) is 17.2 Å². The van der Waals surface area contributed by atoms with Crippen molar-refractivity contribution in [3.05, 3.63) is 84.7 Å². The molecule has 0 bridgehead atoms. The van der Waals surface area contributed by atoms with Crippen LogP contribution in [0.2, 0.25) is 0 Å². The van der Waals surface area contributed by atoms with Gasteiger partial charge in [0, 0.05) is 0 Å². The predicted octanol–water partition coefficient (Wildman–Crippen LogP) is 6.28. The maximum atomic E-state index is 12.1.